The summed E-state index contributed by atoms with van der Waals surface area (Å²) >= 11 is 8.91. The van der Waals surface area contributed by atoms with Crippen molar-refractivity contribution in [3.05, 3.63) is 39.2 Å². The predicted molar refractivity (Wildman–Crippen MR) is 65.6 cm³/mol. The van der Waals surface area contributed by atoms with Gasteiger partial charge in [-0.25, -0.2) is 4.39 Å². The summed E-state index contributed by atoms with van der Waals surface area (Å²) in [7, 11) is 0. The second kappa shape index (κ2) is 5.64. The van der Waals surface area contributed by atoms with Gasteiger partial charge in [0.05, 0.1) is 16.0 Å². The number of nitrogens with two attached hydrogens (primary N) is 1. The lowest BCUT2D eigenvalue weighted by Gasteiger charge is -2.06. The lowest BCUT2D eigenvalue weighted by Crippen LogP contribution is -2.00. The minimum Gasteiger partial charge on any atom is -0.484 e. The van der Waals surface area contributed by atoms with Crippen LogP contribution in [0.4, 0.5) is 4.39 Å². The van der Waals surface area contributed by atoms with Crippen LogP contribution in [0.15, 0.2) is 21.1 Å². The van der Waals surface area contributed by atoms with Gasteiger partial charge in [0.15, 0.2) is 6.61 Å². The molecular formula is C10H8BrClFN3O2. The fourth-order valence-corrected chi connectivity index (χ4v) is 1.88. The van der Waals surface area contributed by atoms with Crippen LogP contribution in [0.1, 0.15) is 11.7 Å². The van der Waals surface area contributed by atoms with Gasteiger partial charge >= 0.3 is 0 Å². The highest BCUT2D eigenvalue weighted by Gasteiger charge is 2.10. The molecule has 1 aromatic carbocycles. The van der Waals surface area contributed by atoms with Gasteiger partial charge in [-0.15, -0.1) is 0 Å². The number of hydrogen-bond donors (Lipinski definition) is 1. The number of rotatable bonds is 4. The number of ether oxygens (including phenoxy) is 1. The summed E-state index contributed by atoms with van der Waals surface area (Å²) in [4.78, 5) is 3.94. The van der Waals surface area contributed by atoms with Crippen LogP contribution in [0, 0.1) is 5.82 Å². The molecule has 0 spiro atoms. The van der Waals surface area contributed by atoms with Crippen molar-refractivity contribution in [1.82, 2.24) is 10.1 Å². The number of nitrogens with zero attached hydrogens (tertiary/aromatic N) is 2. The van der Waals surface area contributed by atoms with E-state index in [4.69, 9.17) is 26.6 Å². The Hall–Kier alpha value is -1.18. The monoisotopic (exact) mass is 335 g/mol. The molecule has 96 valence electrons. The maximum Gasteiger partial charge on any atom is 0.240 e. The lowest BCUT2D eigenvalue weighted by molar-refractivity contribution is 0.284. The van der Waals surface area contributed by atoms with Gasteiger partial charge in [-0.3, -0.25) is 0 Å². The molecular weight excluding hydrogens is 328 g/mol. The molecule has 0 radical (unpaired) electrons. The van der Waals surface area contributed by atoms with E-state index >= 15 is 0 Å². The zero-order valence-corrected chi connectivity index (χ0v) is 11.3. The van der Waals surface area contributed by atoms with E-state index in [0.29, 0.717) is 11.7 Å². The zero-order chi connectivity index (χ0) is 13.1. The molecule has 0 aliphatic carbocycles. The van der Waals surface area contributed by atoms with Crippen molar-refractivity contribution in [3.8, 4) is 5.75 Å². The van der Waals surface area contributed by atoms with Crippen molar-refractivity contribution in [2.45, 2.75) is 13.2 Å². The predicted octanol–water partition coefficient (Wildman–Crippen LogP) is 2.66. The van der Waals surface area contributed by atoms with Crippen LogP contribution in [0.25, 0.3) is 0 Å². The van der Waals surface area contributed by atoms with Crippen molar-refractivity contribution >= 4 is 27.5 Å². The largest absolute Gasteiger partial charge is 0.484 e. The highest BCUT2D eigenvalue weighted by Crippen LogP contribution is 2.30. The molecule has 0 atom stereocenters. The van der Waals surface area contributed by atoms with Crippen LogP contribution in [-0.2, 0) is 13.2 Å². The Bertz CT molecular complexity index is 564. The van der Waals surface area contributed by atoms with Crippen molar-refractivity contribution in [2.24, 2.45) is 5.73 Å². The molecule has 0 aliphatic heterocycles. The number of aromatic nitrogens is 2. The van der Waals surface area contributed by atoms with Gasteiger partial charge in [-0.1, -0.05) is 16.8 Å². The van der Waals surface area contributed by atoms with Crippen LogP contribution >= 0.6 is 27.5 Å². The number of hydrogen-bond acceptors (Lipinski definition) is 5. The Morgan fingerprint density at radius 1 is 1.50 bits per heavy atom. The third kappa shape index (κ3) is 2.98. The van der Waals surface area contributed by atoms with Crippen LogP contribution in [0.2, 0.25) is 5.02 Å². The minimum absolute atomic E-state index is 0.0181. The molecule has 5 nitrogen and oxygen atoms in total. The molecule has 0 bridgehead atoms. The first-order valence-corrected chi connectivity index (χ1v) is 6.06. The molecule has 2 rings (SSSR count). The molecule has 18 heavy (non-hydrogen) atoms. The average molecular weight is 337 g/mol. The highest BCUT2D eigenvalue weighted by molar-refractivity contribution is 9.10. The fourth-order valence-electron chi connectivity index (χ4n) is 1.19. The van der Waals surface area contributed by atoms with Crippen molar-refractivity contribution < 1.29 is 13.7 Å². The smallest absolute Gasteiger partial charge is 0.240 e. The van der Waals surface area contributed by atoms with Gasteiger partial charge in [0.25, 0.3) is 0 Å². The topological polar surface area (TPSA) is 74.2 Å². The lowest BCUT2D eigenvalue weighted by atomic mass is 10.3. The Labute approximate surface area is 115 Å². The molecule has 1 heterocycles. The van der Waals surface area contributed by atoms with Crippen LogP contribution < -0.4 is 10.5 Å². The van der Waals surface area contributed by atoms with E-state index in [1.165, 1.54) is 12.1 Å². The first-order chi connectivity index (χ1) is 8.60. The molecule has 0 saturated heterocycles. The standard InChI is InChI=1S/C10H8BrClFN3O2/c11-5-1-6(12)8(2-7(5)13)17-4-9-15-10(3-14)18-16-9/h1-2H,3-4,14H2. The van der Waals surface area contributed by atoms with Crippen molar-refractivity contribution in [1.29, 1.82) is 0 Å². The van der Waals surface area contributed by atoms with E-state index in [2.05, 4.69) is 26.1 Å². The Balaban J connectivity index is 2.08. The van der Waals surface area contributed by atoms with Gasteiger partial charge in [0.2, 0.25) is 11.7 Å². The molecule has 0 amide bonds. The summed E-state index contributed by atoms with van der Waals surface area (Å²) in [6.45, 7) is 0.172. The molecule has 0 unspecified atom stereocenters. The van der Waals surface area contributed by atoms with Gasteiger partial charge in [0.1, 0.15) is 11.6 Å². The Kier molecular flexibility index (Phi) is 4.15. The molecule has 1 aromatic heterocycles. The summed E-state index contributed by atoms with van der Waals surface area (Å²) in [5.41, 5.74) is 5.32. The maximum atomic E-state index is 13.3. The third-order valence-corrected chi connectivity index (χ3v) is 2.92. The molecule has 0 aliphatic rings. The minimum atomic E-state index is -0.467. The molecule has 8 heteroatoms. The Morgan fingerprint density at radius 2 is 2.28 bits per heavy atom. The van der Waals surface area contributed by atoms with Crippen molar-refractivity contribution in [2.75, 3.05) is 0 Å². The summed E-state index contributed by atoms with van der Waals surface area (Å²) in [5, 5.41) is 3.92. The number of benzene rings is 1. The van der Waals surface area contributed by atoms with Crippen LogP contribution in [0.5, 0.6) is 5.75 Å². The second-order valence-corrected chi connectivity index (χ2v) is 4.56. The quantitative estimate of drug-likeness (QED) is 0.869. The van der Waals surface area contributed by atoms with Gasteiger partial charge in [-0.05, 0) is 22.0 Å². The maximum absolute atomic E-state index is 13.3. The summed E-state index contributed by atoms with van der Waals surface area (Å²) in [6.07, 6.45) is 0. The van der Waals surface area contributed by atoms with Crippen LogP contribution in [-0.4, -0.2) is 10.1 Å². The summed E-state index contributed by atoms with van der Waals surface area (Å²) < 4.78 is 23.7. The molecule has 2 aromatic rings. The van der Waals surface area contributed by atoms with E-state index in [1.807, 2.05) is 0 Å². The molecule has 0 saturated carbocycles. The zero-order valence-electron chi connectivity index (χ0n) is 8.99. The summed E-state index contributed by atoms with van der Waals surface area (Å²) in [6, 6.07) is 2.59. The van der Waals surface area contributed by atoms with E-state index in [9.17, 15) is 4.39 Å². The number of halogens is 3. The van der Waals surface area contributed by atoms with Crippen molar-refractivity contribution in [3.63, 3.8) is 0 Å². The molecule has 2 N–H and O–H groups in total. The van der Waals surface area contributed by atoms with Gasteiger partial charge in [-0.2, -0.15) is 4.98 Å². The Morgan fingerprint density at radius 3 is 2.94 bits per heavy atom. The van der Waals surface area contributed by atoms with E-state index in [-0.39, 0.29) is 28.4 Å². The van der Waals surface area contributed by atoms with E-state index < -0.39 is 5.82 Å². The first-order valence-electron chi connectivity index (χ1n) is 4.89. The van der Waals surface area contributed by atoms with E-state index in [1.54, 1.807) is 0 Å². The van der Waals surface area contributed by atoms with Gasteiger partial charge in [0, 0.05) is 6.07 Å². The molecule has 0 fully saturated rings. The summed E-state index contributed by atoms with van der Waals surface area (Å²) in [5.74, 6) is 0.359. The highest BCUT2D eigenvalue weighted by atomic mass is 79.9. The normalized spacial score (nSPS) is 10.7. The van der Waals surface area contributed by atoms with E-state index in [0.717, 1.165) is 0 Å². The third-order valence-electron chi connectivity index (χ3n) is 2.02. The SMILES string of the molecule is NCc1nc(COc2cc(F)c(Br)cc2Cl)no1. The van der Waals surface area contributed by atoms with Gasteiger partial charge < -0.3 is 15.0 Å². The first kappa shape index (κ1) is 13.3. The average Bonchev–Trinajstić information content (AvgIpc) is 2.80. The second-order valence-electron chi connectivity index (χ2n) is 3.29. The van der Waals surface area contributed by atoms with Crippen LogP contribution in [0.3, 0.4) is 0 Å². The fraction of sp³-hybridized carbons (Fsp3) is 0.200.